The summed E-state index contributed by atoms with van der Waals surface area (Å²) in [5.74, 6) is -1.94. The third kappa shape index (κ3) is 9.48. The molecule has 3 aromatic rings. The van der Waals surface area contributed by atoms with Crippen LogP contribution in [0.1, 0.15) is 60.8 Å². The Morgan fingerprint density at radius 2 is 1.44 bits per heavy atom. The molecule has 6 nitrogen and oxygen atoms in total. The van der Waals surface area contributed by atoms with Crippen LogP contribution in [0.4, 0.5) is 0 Å². The molecule has 2 N–H and O–H groups in total. The molecule has 2 unspecified atom stereocenters. The minimum absolute atomic E-state index is 0.229. The van der Waals surface area contributed by atoms with Gasteiger partial charge in [0.05, 0.1) is 0 Å². The number of carboxylic acids is 1. The number of carbonyl (C=O) groups excluding carboxylic acids is 1. The topological polar surface area (TPSA) is 87.1 Å². The lowest BCUT2D eigenvalue weighted by molar-refractivity contribution is -0.166. The van der Waals surface area contributed by atoms with E-state index in [1.165, 1.54) is 37.9 Å². The lowest BCUT2D eigenvalue weighted by atomic mass is 10.0. The van der Waals surface area contributed by atoms with Gasteiger partial charge in [0.25, 0.3) is 5.91 Å². The van der Waals surface area contributed by atoms with Crippen molar-refractivity contribution in [2.45, 2.75) is 77.4 Å². The molecular formula is C33H43NO5. The van der Waals surface area contributed by atoms with Crippen LogP contribution >= 0.6 is 0 Å². The van der Waals surface area contributed by atoms with Crippen LogP contribution in [0.25, 0.3) is 10.8 Å². The van der Waals surface area contributed by atoms with Crippen molar-refractivity contribution in [3.63, 3.8) is 0 Å². The first kappa shape index (κ1) is 30.3. The first-order valence-electron chi connectivity index (χ1n) is 14.1. The number of nitrogens with zero attached hydrogens (tertiary/aromatic N) is 1. The number of rotatable bonds is 16. The molecule has 1 amide bonds. The van der Waals surface area contributed by atoms with Crippen molar-refractivity contribution >= 4 is 22.6 Å². The van der Waals surface area contributed by atoms with Crippen LogP contribution in [0.3, 0.4) is 0 Å². The van der Waals surface area contributed by atoms with E-state index < -0.39 is 24.1 Å². The lowest BCUT2D eigenvalue weighted by Crippen LogP contribution is -2.48. The minimum Gasteiger partial charge on any atom is -0.479 e. The molecule has 0 heterocycles. The zero-order chi connectivity index (χ0) is 28.2. The highest BCUT2D eigenvalue weighted by Gasteiger charge is 2.34. The van der Waals surface area contributed by atoms with Crippen LogP contribution < -0.4 is 0 Å². The molecule has 210 valence electrons. The summed E-state index contributed by atoms with van der Waals surface area (Å²) in [6.07, 6.45) is 3.95. The summed E-state index contributed by atoms with van der Waals surface area (Å²) in [5.41, 5.74) is 5.16. The van der Waals surface area contributed by atoms with Gasteiger partial charge in [-0.05, 0) is 85.4 Å². The van der Waals surface area contributed by atoms with Crippen LogP contribution in [0, 0.1) is 13.8 Å². The van der Waals surface area contributed by atoms with Crippen molar-refractivity contribution in [1.29, 1.82) is 0 Å². The average molecular weight is 534 g/mol. The number of amides is 1. The van der Waals surface area contributed by atoms with Gasteiger partial charge in [-0.25, -0.2) is 4.79 Å². The van der Waals surface area contributed by atoms with Crippen LogP contribution in [0.2, 0.25) is 0 Å². The van der Waals surface area contributed by atoms with E-state index in [0.29, 0.717) is 13.0 Å². The summed E-state index contributed by atoms with van der Waals surface area (Å²) in [6, 6.07) is 21.4. The summed E-state index contributed by atoms with van der Waals surface area (Å²) in [7, 11) is 1.64. The normalized spacial score (nSPS) is 12.8. The van der Waals surface area contributed by atoms with Crippen molar-refractivity contribution in [3.05, 3.63) is 82.9 Å². The van der Waals surface area contributed by atoms with E-state index in [1.807, 2.05) is 12.1 Å². The van der Waals surface area contributed by atoms with E-state index in [9.17, 15) is 19.8 Å². The maximum atomic E-state index is 12.9. The molecule has 0 aromatic heterocycles. The second kappa shape index (κ2) is 15.4. The molecule has 0 bridgehead atoms. The van der Waals surface area contributed by atoms with Crippen LogP contribution in [0.15, 0.2) is 60.7 Å². The Labute approximate surface area is 232 Å². The predicted molar refractivity (Wildman–Crippen MR) is 156 cm³/mol. The van der Waals surface area contributed by atoms with Gasteiger partial charge in [0.2, 0.25) is 0 Å². The molecule has 39 heavy (non-hydrogen) atoms. The van der Waals surface area contributed by atoms with Crippen LogP contribution in [-0.4, -0.2) is 59.4 Å². The van der Waals surface area contributed by atoms with E-state index in [-0.39, 0.29) is 6.61 Å². The van der Waals surface area contributed by atoms with Crippen LogP contribution in [-0.2, 0) is 27.2 Å². The fraction of sp³-hybridized carbons (Fsp3) is 0.455. The highest BCUT2D eigenvalue weighted by Crippen LogP contribution is 2.18. The Morgan fingerprint density at radius 1 is 0.795 bits per heavy atom. The molecule has 0 aliphatic rings. The van der Waals surface area contributed by atoms with Gasteiger partial charge in [0.15, 0.2) is 12.2 Å². The minimum atomic E-state index is -1.89. The van der Waals surface area contributed by atoms with E-state index >= 15 is 0 Å². The number of aryl methyl sites for hydroxylation is 4. The van der Waals surface area contributed by atoms with Crippen molar-refractivity contribution in [2.24, 2.45) is 0 Å². The number of aliphatic hydroxyl groups excluding tert-OH is 1. The number of likely N-dealkylation sites (N-methyl/N-ethyl adjacent to an activating group) is 1. The van der Waals surface area contributed by atoms with Gasteiger partial charge in [-0.3, -0.25) is 4.79 Å². The lowest BCUT2D eigenvalue weighted by Gasteiger charge is -2.25. The van der Waals surface area contributed by atoms with Gasteiger partial charge in [-0.2, -0.15) is 0 Å². The number of benzene rings is 3. The first-order valence-corrected chi connectivity index (χ1v) is 14.1. The Bertz CT molecular complexity index is 1220. The van der Waals surface area contributed by atoms with Crippen molar-refractivity contribution in [2.75, 3.05) is 20.2 Å². The molecule has 0 aliphatic heterocycles. The number of hydrogen-bond acceptors (Lipinski definition) is 4. The molecule has 3 aromatic carbocycles. The molecule has 0 radical (unpaired) electrons. The highest BCUT2D eigenvalue weighted by molar-refractivity contribution is 5.87. The SMILES string of the molecule is Cc1ccc(CCCCCOC(C(=O)N(C)CCCCCc2ccc3ccccc3c2)C(O)C(=O)O)cc1C. The van der Waals surface area contributed by atoms with Gasteiger partial charge in [0.1, 0.15) is 0 Å². The van der Waals surface area contributed by atoms with Gasteiger partial charge in [-0.15, -0.1) is 0 Å². The Balaban J connectivity index is 1.37. The highest BCUT2D eigenvalue weighted by atomic mass is 16.5. The number of aliphatic carboxylic acids is 1. The maximum Gasteiger partial charge on any atom is 0.335 e. The van der Waals surface area contributed by atoms with Crippen molar-refractivity contribution in [3.8, 4) is 0 Å². The number of aliphatic hydroxyl groups is 1. The summed E-state index contributed by atoms with van der Waals surface area (Å²) in [5, 5.41) is 21.9. The molecule has 0 spiro atoms. The molecule has 0 fully saturated rings. The number of fused-ring (bicyclic) bond motifs is 1. The summed E-state index contributed by atoms with van der Waals surface area (Å²) in [4.78, 5) is 25.8. The number of ether oxygens (including phenoxy) is 1. The third-order valence-corrected chi connectivity index (χ3v) is 7.41. The van der Waals surface area contributed by atoms with E-state index in [2.05, 4.69) is 62.4 Å². The molecule has 3 rings (SSSR count). The maximum absolute atomic E-state index is 12.9. The average Bonchev–Trinajstić information content (AvgIpc) is 2.93. The fourth-order valence-corrected chi connectivity index (χ4v) is 4.78. The van der Waals surface area contributed by atoms with Gasteiger partial charge < -0.3 is 19.8 Å². The quantitative estimate of drug-likeness (QED) is 0.225. The second-order valence-corrected chi connectivity index (χ2v) is 10.6. The monoisotopic (exact) mass is 533 g/mol. The Morgan fingerprint density at radius 3 is 2.13 bits per heavy atom. The molecular weight excluding hydrogens is 490 g/mol. The molecule has 0 saturated carbocycles. The second-order valence-electron chi connectivity index (χ2n) is 10.6. The Hall–Kier alpha value is -3.22. The largest absolute Gasteiger partial charge is 0.479 e. The zero-order valence-corrected chi connectivity index (χ0v) is 23.6. The van der Waals surface area contributed by atoms with Gasteiger partial charge in [-0.1, -0.05) is 73.5 Å². The van der Waals surface area contributed by atoms with E-state index in [0.717, 1.165) is 44.9 Å². The van der Waals surface area contributed by atoms with Crippen molar-refractivity contribution in [1.82, 2.24) is 4.90 Å². The molecule has 2 atom stereocenters. The smallest absolute Gasteiger partial charge is 0.335 e. The Kier molecular flexibility index (Phi) is 12.0. The standard InChI is InChI=1S/C33H43NO5/c1-24-16-17-26(22-25(24)2)12-7-5-11-21-39-31(30(35)33(37)38)32(36)34(3)20-10-4-6-13-27-18-19-28-14-8-9-15-29(28)23-27/h8-9,14-19,22-23,30-31,35H,4-7,10-13,20-21H2,1-3H3,(H,37,38). The number of unbranched alkanes of at least 4 members (excludes halogenated alkanes) is 4. The first-order chi connectivity index (χ1) is 18.8. The van der Waals surface area contributed by atoms with Crippen molar-refractivity contribution < 1.29 is 24.5 Å². The summed E-state index contributed by atoms with van der Waals surface area (Å²) >= 11 is 0. The van der Waals surface area contributed by atoms with E-state index in [1.54, 1.807) is 7.05 Å². The third-order valence-electron chi connectivity index (χ3n) is 7.41. The fourth-order valence-electron chi connectivity index (χ4n) is 4.78. The molecule has 6 heteroatoms. The van der Waals surface area contributed by atoms with E-state index in [4.69, 9.17) is 4.74 Å². The number of carboxylic acid groups (broad SMARTS) is 1. The number of hydrogen-bond donors (Lipinski definition) is 2. The zero-order valence-electron chi connectivity index (χ0n) is 23.6. The summed E-state index contributed by atoms with van der Waals surface area (Å²) < 4.78 is 5.63. The van der Waals surface area contributed by atoms with Crippen LogP contribution in [0.5, 0.6) is 0 Å². The summed E-state index contributed by atoms with van der Waals surface area (Å²) in [6.45, 7) is 4.93. The predicted octanol–water partition coefficient (Wildman–Crippen LogP) is 5.87. The number of carbonyl (C=O) groups is 2. The van der Waals surface area contributed by atoms with Gasteiger partial charge >= 0.3 is 5.97 Å². The molecule has 0 saturated heterocycles. The molecule has 0 aliphatic carbocycles. The van der Waals surface area contributed by atoms with Gasteiger partial charge in [0, 0.05) is 20.2 Å².